The van der Waals surface area contributed by atoms with Crippen molar-refractivity contribution in [3.05, 3.63) is 88.2 Å². The van der Waals surface area contributed by atoms with Gasteiger partial charge >= 0.3 is 0 Å². The summed E-state index contributed by atoms with van der Waals surface area (Å²) in [6.07, 6.45) is 2.14. The number of rotatable bonds is 6. The molecule has 0 spiro atoms. The molecule has 0 saturated heterocycles. The van der Waals surface area contributed by atoms with Gasteiger partial charge in [0.1, 0.15) is 23.1 Å². The summed E-state index contributed by atoms with van der Waals surface area (Å²) in [7, 11) is 7.37. The molecule has 5 rings (SSSR count). The normalized spacial score (nSPS) is 25.7. The Bertz CT molecular complexity index is 1530. The molecular formula is C32H36FN3O5. The smallest absolute Gasteiger partial charge is 0.248 e. The Labute approximate surface area is 238 Å². The Hall–Kier alpha value is -3.95. The Morgan fingerprint density at radius 3 is 2.41 bits per heavy atom. The Morgan fingerprint density at radius 1 is 1.10 bits per heavy atom. The number of aliphatic hydroxyl groups is 2. The van der Waals surface area contributed by atoms with E-state index >= 15 is 4.39 Å². The third-order valence-corrected chi connectivity index (χ3v) is 8.81. The lowest BCUT2D eigenvalue weighted by atomic mass is 9.58. The van der Waals surface area contributed by atoms with Gasteiger partial charge in [0, 0.05) is 29.5 Å². The maximum Gasteiger partial charge on any atom is 0.248 e. The van der Waals surface area contributed by atoms with Gasteiger partial charge in [-0.1, -0.05) is 18.2 Å². The molecule has 8 nitrogen and oxygen atoms in total. The molecule has 0 fully saturated rings. The summed E-state index contributed by atoms with van der Waals surface area (Å²) >= 11 is 0. The minimum Gasteiger partial charge on any atom is -0.512 e. The number of halogens is 1. The summed E-state index contributed by atoms with van der Waals surface area (Å²) in [5.41, 5.74) is 8.10. The SMILES string of the molecule is C=CC1C(C(N)=O)=C(O)[C@@H](N(C)C)C2CC3Cc4c(-c5cc(CN(C)C)ccc5F)ccc(O)c4C(=O)C3=C(O)C12. The predicted molar refractivity (Wildman–Crippen MR) is 154 cm³/mol. The van der Waals surface area contributed by atoms with Crippen molar-refractivity contribution < 1.29 is 29.3 Å². The van der Waals surface area contributed by atoms with Crippen molar-refractivity contribution in [3.63, 3.8) is 0 Å². The highest BCUT2D eigenvalue weighted by molar-refractivity contribution is 6.14. The Kier molecular flexibility index (Phi) is 7.29. The van der Waals surface area contributed by atoms with E-state index in [1.807, 2.05) is 19.0 Å². The lowest BCUT2D eigenvalue weighted by Crippen LogP contribution is -2.52. The van der Waals surface area contributed by atoms with Crippen molar-refractivity contribution in [2.45, 2.75) is 25.4 Å². The molecule has 0 heterocycles. The van der Waals surface area contributed by atoms with E-state index < -0.39 is 41.3 Å². The zero-order chi connectivity index (χ0) is 29.9. The van der Waals surface area contributed by atoms with Crippen molar-refractivity contribution >= 4 is 11.7 Å². The topological polar surface area (TPSA) is 127 Å². The lowest BCUT2D eigenvalue weighted by Gasteiger charge is -2.49. The minimum atomic E-state index is -0.821. The molecule has 3 aliphatic carbocycles. The van der Waals surface area contributed by atoms with Crippen molar-refractivity contribution in [1.82, 2.24) is 9.80 Å². The molecular weight excluding hydrogens is 525 g/mol. The molecule has 0 saturated carbocycles. The van der Waals surface area contributed by atoms with E-state index in [1.54, 1.807) is 37.2 Å². The van der Waals surface area contributed by atoms with Gasteiger partial charge in [-0.05, 0) is 87.8 Å². The third kappa shape index (κ3) is 4.53. The van der Waals surface area contributed by atoms with Crippen LogP contribution < -0.4 is 5.73 Å². The van der Waals surface area contributed by atoms with Crippen LogP contribution in [-0.2, 0) is 17.8 Å². The summed E-state index contributed by atoms with van der Waals surface area (Å²) in [6, 6.07) is 7.27. The first kappa shape index (κ1) is 28.6. The Morgan fingerprint density at radius 2 is 1.80 bits per heavy atom. The number of hydrogen-bond donors (Lipinski definition) is 4. The zero-order valence-electron chi connectivity index (χ0n) is 23.7. The fourth-order valence-corrected chi connectivity index (χ4v) is 7.30. The molecule has 3 aliphatic rings. The van der Waals surface area contributed by atoms with Gasteiger partial charge < -0.3 is 26.0 Å². The van der Waals surface area contributed by atoms with Crippen LogP contribution in [0.2, 0.25) is 0 Å². The standard InChI is InChI=1S/C32H36FN3O5/c1-6-17-25-21(28(36(4)5)31(40)27(17)32(34)41)13-16-12-20-18(19-11-15(14-35(2)3)7-9-22(19)33)8-10-23(37)26(20)30(39)24(16)29(25)38/h6-11,16-17,21,25,28,37-38,40H,1,12-14H2,2-5H3,(H2,34,41)/t16?,17?,21?,25?,28-/m0/s1. The van der Waals surface area contributed by atoms with E-state index in [-0.39, 0.29) is 46.3 Å². The van der Waals surface area contributed by atoms with E-state index in [4.69, 9.17) is 5.73 Å². The van der Waals surface area contributed by atoms with Gasteiger partial charge in [-0.2, -0.15) is 0 Å². The number of benzene rings is 2. The number of allylic oxidation sites excluding steroid dienone is 3. The zero-order valence-corrected chi connectivity index (χ0v) is 23.7. The van der Waals surface area contributed by atoms with E-state index in [2.05, 4.69) is 6.58 Å². The number of amides is 1. The predicted octanol–water partition coefficient (Wildman–Crippen LogP) is 4.11. The average molecular weight is 562 g/mol. The molecule has 0 aliphatic heterocycles. The summed E-state index contributed by atoms with van der Waals surface area (Å²) in [5, 5.41) is 33.8. The van der Waals surface area contributed by atoms with Crippen LogP contribution in [0.5, 0.6) is 5.75 Å². The highest BCUT2D eigenvalue weighted by Crippen LogP contribution is 2.54. The number of primary amides is 1. The molecule has 1 amide bonds. The molecule has 2 aromatic carbocycles. The van der Waals surface area contributed by atoms with Gasteiger partial charge in [-0.25, -0.2) is 4.39 Å². The third-order valence-electron chi connectivity index (χ3n) is 8.81. The van der Waals surface area contributed by atoms with Gasteiger partial charge in [0.25, 0.3) is 0 Å². The van der Waals surface area contributed by atoms with E-state index in [1.165, 1.54) is 18.2 Å². The molecule has 0 radical (unpaired) electrons. The van der Waals surface area contributed by atoms with Crippen LogP contribution in [0.25, 0.3) is 11.1 Å². The number of phenolic OH excluding ortho intramolecular Hbond substituents is 1. The fraction of sp³-hybridized carbons (Fsp3) is 0.375. The van der Waals surface area contributed by atoms with Crippen molar-refractivity contribution in [2.24, 2.45) is 29.4 Å². The van der Waals surface area contributed by atoms with Crippen LogP contribution in [0.3, 0.4) is 0 Å². The molecule has 0 bridgehead atoms. The number of hydrogen-bond acceptors (Lipinski definition) is 7. The summed E-state index contributed by atoms with van der Waals surface area (Å²) in [5.74, 6) is -4.74. The first-order chi connectivity index (χ1) is 19.4. The molecule has 4 unspecified atom stereocenters. The van der Waals surface area contributed by atoms with Gasteiger partial charge in [0.15, 0.2) is 5.78 Å². The van der Waals surface area contributed by atoms with Crippen LogP contribution in [0.4, 0.5) is 4.39 Å². The van der Waals surface area contributed by atoms with Gasteiger partial charge in [0.2, 0.25) is 5.91 Å². The van der Waals surface area contributed by atoms with Gasteiger partial charge in [-0.3, -0.25) is 14.5 Å². The second-order valence-electron chi connectivity index (χ2n) is 11.8. The number of nitrogens with two attached hydrogens (primary N) is 1. The molecule has 9 heteroatoms. The first-order valence-electron chi connectivity index (χ1n) is 13.6. The highest BCUT2D eigenvalue weighted by Gasteiger charge is 2.53. The summed E-state index contributed by atoms with van der Waals surface area (Å²) < 4.78 is 15.2. The van der Waals surface area contributed by atoms with E-state index in [0.29, 0.717) is 29.7 Å². The summed E-state index contributed by atoms with van der Waals surface area (Å²) in [4.78, 5) is 30.2. The molecule has 41 heavy (non-hydrogen) atoms. The number of carbonyl (C=O) groups excluding carboxylic acids is 2. The van der Waals surface area contributed by atoms with Crippen molar-refractivity contribution in [3.8, 4) is 16.9 Å². The molecule has 216 valence electrons. The second-order valence-corrected chi connectivity index (χ2v) is 11.8. The number of phenols is 1. The molecule has 5 N–H and O–H groups in total. The summed E-state index contributed by atoms with van der Waals surface area (Å²) in [6.45, 7) is 4.43. The maximum atomic E-state index is 15.2. The van der Waals surface area contributed by atoms with Crippen LogP contribution in [0.15, 0.2) is 65.7 Å². The Balaban J connectivity index is 1.68. The second kappa shape index (κ2) is 10.5. The number of ketones is 1. The van der Waals surface area contributed by atoms with Crippen LogP contribution in [0, 0.1) is 29.5 Å². The number of aliphatic hydroxyl groups excluding tert-OH is 2. The number of Topliss-reactive ketones (excluding diaryl/α,β-unsaturated/α-hetero) is 1. The number of nitrogens with zero attached hydrogens (tertiary/aromatic N) is 2. The van der Waals surface area contributed by atoms with Crippen LogP contribution in [0.1, 0.15) is 27.9 Å². The number of likely N-dealkylation sites (N-methyl/N-ethyl adjacent to an activating group) is 1. The molecule has 0 aromatic heterocycles. The number of carbonyl (C=O) groups is 2. The highest BCUT2D eigenvalue weighted by atomic mass is 19.1. The van der Waals surface area contributed by atoms with E-state index in [9.17, 15) is 24.9 Å². The maximum absolute atomic E-state index is 15.2. The van der Waals surface area contributed by atoms with Crippen LogP contribution in [-0.4, -0.2) is 71.0 Å². The number of aromatic hydroxyl groups is 1. The minimum absolute atomic E-state index is 0.0348. The van der Waals surface area contributed by atoms with Gasteiger partial charge in [-0.15, -0.1) is 6.58 Å². The number of fused-ring (bicyclic) bond motifs is 3. The fourth-order valence-electron chi connectivity index (χ4n) is 7.30. The quantitative estimate of drug-likeness (QED) is 0.391. The average Bonchev–Trinajstić information content (AvgIpc) is 2.88. The largest absolute Gasteiger partial charge is 0.512 e. The molecule has 2 aromatic rings. The monoisotopic (exact) mass is 561 g/mol. The first-order valence-corrected chi connectivity index (χ1v) is 13.6. The van der Waals surface area contributed by atoms with Crippen molar-refractivity contribution in [2.75, 3.05) is 28.2 Å². The van der Waals surface area contributed by atoms with Crippen LogP contribution >= 0.6 is 0 Å². The van der Waals surface area contributed by atoms with Gasteiger partial charge in [0.05, 0.1) is 17.2 Å². The van der Waals surface area contributed by atoms with Crippen molar-refractivity contribution in [1.29, 1.82) is 0 Å². The lowest BCUT2D eigenvalue weighted by molar-refractivity contribution is -0.115. The van der Waals surface area contributed by atoms with E-state index in [0.717, 1.165) is 5.56 Å². The molecule has 5 atom stereocenters.